The van der Waals surface area contributed by atoms with Gasteiger partial charge in [-0.25, -0.2) is 0 Å². The first-order valence-electron chi connectivity index (χ1n) is 7.67. The van der Waals surface area contributed by atoms with Crippen LogP contribution < -0.4 is 5.73 Å². The van der Waals surface area contributed by atoms with Gasteiger partial charge in [-0.2, -0.15) is 0 Å². The van der Waals surface area contributed by atoms with E-state index in [1.807, 2.05) is 12.1 Å². The van der Waals surface area contributed by atoms with Crippen LogP contribution in [0.25, 0.3) is 0 Å². The molecule has 0 amide bonds. The molecular formula is C17H27ClN2. The highest BCUT2D eigenvalue weighted by Gasteiger charge is 2.39. The van der Waals surface area contributed by atoms with Gasteiger partial charge in [-0.05, 0) is 50.4 Å². The molecule has 1 aromatic rings. The van der Waals surface area contributed by atoms with Crippen LogP contribution in [0.3, 0.4) is 0 Å². The van der Waals surface area contributed by atoms with Gasteiger partial charge in [0.2, 0.25) is 0 Å². The van der Waals surface area contributed by atoms with Gasteiger partial charge in [-0.15, -0.1) is 0 Å². The molecule has 0 aliphatic heterocycles. The van der Waals surface area contributed by atoms with E-state index in [0.717, 1.165) is 17.5 Å². The quantitative estimate of drug-likeness (QED) is 0.900. The van der Waals surface area contributed by atoms with Crippen molar-refractivity contribution in [3.8, 4) is 0 Å². The third-order valence-corrected chi connectivity index (χ3v) is 5.38. The Balaban J connectivity index is 2.19. The van der Waals surface area contributed by atoms with Crippen molar-refractivity contribution in [2.45, 2.75) is 51.1 Å². The molecule has 3 unspecified atom stereocenters. The van der Waals surface area contributed by atoms with Gasteiger partial charge in [-0.1, -0.05) is 43.5 Å². The number of nitrogens with two attached hydrogens (primary N) is 1. The number of halogens is 1. The van der Waals surface area contributed by atoms with Gasteiger partial charge in [0, 0.05) is 23.1 Å². The van der Waals surface area contributed by atoms with E-state index in [1.54, 1.807) is 0 Å². The maximum atomic E-state index is 6.18. The van der Waals surface area contributed by atoms with Crippen LogP contribution in [0.15, 0.2) is 24.3 Å². The summed E-state index contributed by atoms with van der Waals surface area (Å²) >= 11 is 5.98. The molecule has 1 saturated carbocycles. The van der Waals surface area contributed by atoms with Crippen LogP contribution in [0, 0.1) is 5.92 Å². The number of nitrogens with zero attached hydrogens (tertiary/aromatic N) is 1. The SMILES string of the molecule is CC1CCCC(CN)(N(C)C(C)c2ccc(Cl)cc2)C1. The van der Waals surface area contributed by atoms with E-state index in [1.165, 1.54) is 31.2 Å². The lowest BCUT2D eigenvalue weighted by atomic mass is 9.74. The molecule has 2 rings (SSSR count). The average Bonchev–Trinajstić information content (AvgIpc) is 2.46. The molecule has 0 spiro atoms. The van der Waals surface area contributed by atoms with E-state index < -0.39 is 0 Å². The summed E-state index contributed by atoms with van der Waals surface area (Å²) in [6.45, 7) is 5.36. The lowest BCUT2D eigenvalue weighted by Crippen LogP contribution is -2.55. The molecule has 3 heteroatoms. The summed E-state index contributed by atoms with van der Waals surface area (Å²) in [4.78, 5) is 2.49. The van der Waals surface area contributed by atoms with Gasteiger partial charge in [0.15, 0.2) is 0 Å². The summed E-state index contributed by atoms with van der Waals surface area (Å²) in [6.07, 6.45) is 5.04. The zero-order valence-electron chi connectivity index (χ0n) is 12.9. The molecule has 2 N–H and O–H groups in total. The predicted molar refractivity (Wildman–Crippen MR) is 87.0 cm³/mol. The van der Waals surface area contributed by atoms with Crippen molar-refractivity contribution in [3.63, 3.8) is 0 Å². The van der Waals surface area contributed by atoms with Crippen molar-refractivity contribution in [1.29, 1.82) is 0 Å². The number of benzene rings is 1. The fourth-order valence-corrected chi connectivity index (χ4v) is 3.78. The highest BCUT2D eigenvalue weighted by Crippen LogP contribution is 2.39. The van der Waals surface area contributed by atoms with Gasteiger partial charge in [0.25, 0.3) is 0 Å². The van der Waals surface area contributed by atoms with Gasteiger partial charge in [0.05, 0.1) is 0 Å². The van der Waals surface area contributed by atoms with Crippen LogP contribution in [-0.4, -0.2) is 24.0 Å². The van der Waals surface area contributed by atoms with E-state index in [4.69, 9.17) is 17.3 Å². The first-order valence-corrected chi connectivity index (χ1v) is 8.05. The number of hydrogen-bond donors (Lipinski definition) is 1. The second kappa shape index (κ2) is 6.46. The summed E-state index contributed by atoms with van der Waals surface area (Å²) in [5.41, 5.74) is 7.64. The lowest BCUT2D eigenvalue weighted by Gasteiger charge is -2.48. The molecule has 20 heavy (non-hydrogen) atoms. The van der Waals surface area contributed by atoms with Gasteiger partial charge in [-0.3, -0.25) is 4.90 Å². The van der Waals surface area contributed by atoms with Gasteiger partial charge >= 0.3 is 0 Å². The van der Waals surface area contributed by atoms with E-state index in [-0.39, 0.29) is 5.54 Å². The Morgan fingerprint density at radius 1 is 1.40 bits per heavy atom. The monoisotopic (exact) mass is 294 g/mol. The second-order valence-corrected chi connectivity index (χ2v) is 6.90. The van der Waals surface area contributed by atoms with Crippen LogP contribution in [0.4, 0.5) is 0 Å². The molecule has 3 atom stereocenters. The standard InChI is InChI=1S/C17H27ClN2/c1-13-5-4-10-17(11-13,12-19)20(3)14(2)15-6-8-16(18)9-7-15/h6-9,13-14H,4-5,10-12,19H2,1-3H3. The summed E-state index contributed by atoms with van der Waals surface area (Å²) in [5, 5.41) is 0.795. The van der Waals surface area contributed by atoms with Crippen LogP contribution in [-0.2, 0) is 0 Å². The molecule has 1 aliphatic rings. The highest BCUT2D eigenvalue weighted by molar-refractivity contribution is 6.30. The number of hydrogen-bond acceptors (Lipinski definition) is 2. The van der Waals surface area contributed by atoms with Crippen molar-refractivity contribution in [1.82, 2.24) is 4.90 Å². The molecule has 112 valence electrons. The Hall–Kier alpha value is -0.570. The van der Waals surface area contributed by atoms with Crippen molar-refractivity contribution in [2.24, 2.45) is 11.7 Å². The molecule has 0 heterocycles. The predicted octanol–water partition coefficient (Wildman–Crippen LogP) is 4.24. The number of likely N-dealkylation sites (N-methyl/N-ethyl adjacent to an activating group) is 1. The number of rotatable bonds is 4. The van der Waals surface area contributed by atoms with E-state index in [2.05, 4.69) is 37.9 Å². The van der Waals surface area contributed by atoms with Crippen molar-refractivity contribution < 1.29 is 0 Å². The molecular weight excluding hydrogens is 268 g/mol. The highest BCUT2D eigenvalue weighted by atomic mass is 35.5. The molecule has 0 bridgehead atoms. The maximum absolute atomic E-state index is 6.18. The fourth-order valence-electron chi connectivity index (χ4n) is 3.66. The fraction of sp³-hybridized carbons (Fsp3) is 0.647. The molecule has 1 aliphatic carbocycles. The normalized spacial score (nSPS) is 28.6. The van der Waals surface area contributed by atoms with Crippen LogP contribution in [0.1, 0.15) is 51.1 Å². The average molecular weight is 295 g/mol. The molecule has 0 radical (unpaired) electrons. The zero-order valence-corrected chi connectivity index (χ0v) is 13.7. The van der Waals surface area contributed by atoms with Crippen molar-refractivity contribution >= 4 is 11.6 Å². The van der Waals surface area contributed by atoms with E-state index in [0.29, 0.717) is 6.04 Å². The molecule has 2 nitrogen and oxygen atoms in total. The zero-order chi connectivity index (χ0) is 14.8. The second-order valence-electron chi connectivity index (χ2n) is 6.47. The first-order chi connectivity index (χ1) is 9.48. The van der Waals surface area contributed by atoms with E-state index >= 15 is 0 Å². The van der Waals surface area contributed by atoms with Gasteiger partial charge < -0.3 is 5.73 Å². The summed E-state index contributed by atoms with van der Waals surface area (Å²) in [6, 6.07) is 8.56. The summed E-state index contributed by atoms with van der Waals surface area (Å²) < 4.78 is 0. The van der Waals surface area contributed by atoms with Crippen molar-refractivity contribution in [2.75, 3.05) is 13.6 Å². The largest absolute Gasteiger partial charge is 0.329 e. The topological polar surface area (TPSA) is 29.3 Å². The molecule has 0 saturated heterocycles. The minimum atomic E-state index is 0.150. The van der Waals surface area contributed by atoms with Crippen LogP contribution in [0.2, 0.25) is 5.02 Å². The Morgan fingerprint density at radius 2 is 2.05 bits per heavy atom. The molecule has 1 aromatic carbocycles. The Bertz CT molecular complexity index is 431. The third-order valence-electron chi connectivity index (χ3n) is 5.13. The van der Waals surface area contributed by atoms with Crippen LogP contribution in [0.5, 0.6) is 0 Å². The van der Waals surface area contributed by atoms with Gasteiger partial charge in [0.1, 0.15) is 0 Å². The maximum Gasteiger partial charge on any atom is 0.0406 e. The van der Waals surface area contributed by atoms with E-state index in [9.17, 15) is 0 Å². The van der Waals surface area contributed by atoms with Crippen LogP contribution >= 0.6 is 11.6 Å². The summed E-state index contributed by atoms with van der Waals surface area (Å²) in [5.74, 6) is 0.771. The minimum Gasteiger partial charge on any atom is -0.329 e. The first kappa shape index (κ1) is 15.8. The van der Waals surface area contributed by atoms with Crippen molar-refractivity contribution in [3.05, 3.63) is 34.9 Å². The molecule has 0 aromatic heterocycles. The summed E-state index contributed by atoms with van der Waals surface area (Å²) in [7, 11) is 2.23. The smallest absolute Gasteiger partial charge is 0.0406 e. The lowest BCUT2D eigenvalue weighted by molar-refractivity contribution is 0.0319. The minimum absolute atomic E-state index is 0.150. The molecule has 1 fully saturated rings. The Labute approximate surface area is 128 Å². The third kappa shape index (κ3) is 3.19. The Kier molecular flexibility index (Phi) is 5.11. The Morgan fingerprint density at radius 3 is 2.60 bits per heavy atom.